The Hall–Kier alpha value is -2.43. The third-order valence-electron chi connectivity index (χ3n) is 7.31. The maximum absolute atomic E-state index is 13.4. The van der Waals surface area contributed by atoms with E-state index in [1.54, 1.807) is 4.68 Å². The lowest BCUT2D eigenvalue weighted by Crippen LogP contribution is -2.36. The van der Waals surface area contributed by atoms with Gasteiger partial charge in [-0.3, -0.25) is 0 Å². The molecule has 0 bridgehead atoms. The first-order chi connectivity index (χ1) is 16.2. The largest absolute Gasteiger partial charge is 0.474 e. The molecule has 3 N–H and O–H groups in total. The Kier molecular flexibility index (Phi) is 6.16. The molecule has 2 aromatic rings. The van der Waals surface area contributed by atoms with Gasteiger partial charge in [0.2, 0.25) is 5.88 Å². The molecule has 2 aliphatic carbocycles. The summed E-state index contributed by atoms with van der Waals surface area (Å²) in [6.45, 7) is 3.59. The minimum absolute atomic E-state index is 0.0820. The van der Waals surface area contributed by atoms with Crippen LogP contribution in [0, 0.1) is 5.92 Å². The monoisotopic (exact) mass is 486 g/mol. The normalized spacial score (nSPS) is 22.5. The van der Waals surface area contributed by atoms with E-state index in [0.29, 0.717) is 12.4 Å². The van der Waals surface area contributed by atoms with Crippen LogP contribution < -0.4 is 15.2 Å². The summed E-state index contributed by atoms with van der Waals surface area (Å²) in [5.41, 5.74) is 5.85. The van der Waals surface area contributed by atoms with Crippen molar-refractivity contribution in [2.75, 3.05) is 26.0 Å². The molecule has 0 saturated carbocycles. The minimum atomic E-state index is -3.53. The van der Waals surface area contributed by atoms with Crippen LogP contribution in [0.3, 0.4) is 0 Å². The zero-order valence-corrected chi connectivity index (χ0v) is 21.0. The van der Waals surface area contributed by atoms with Gasteiger partial charge in [0, 0.05) is 11.6 Å². The number of carbonyl (C=O) groups excluding carboxylic acids is 1. The molecule has 2 heterocycles. The number of nitrogens with one attached hydrogen (secondary N) is 1. The van der Waals surface area contributed by atoms with Gasteiger partial charge in [-0.25, -0.2) is 18.8 Å². The van der Waals surface area contributed by atoms with Crippen LogP contribution >= 0.6 is 0 Å². The lowest BCUT2D eigenvalue weighted by Gasteiger charge is -2.31. The summed E-state index contributed by atoms with van der Waals surface area (Å²) in [4.78, 5) is 15.3. The molecule has 1 aromatic heterocycles. The van der Waals surface area contributed by atoms with E-state index in [9.17, 15) is 9.00 Å². The molecule has 9 nitrogen and oxygen atoms in total. The maximum atomic E-state index is 13.4. The Bertz CT molecular complexity index is 1210. The van der Waals surface area contributed by atoms with Gasteiger partial charge in [-0.15, -0.1) is 4.36 Å². The summed E-state index contributed by atoms with van der Waals surface area (Å²) in [6, 6.07) is 1.61. The molecular weight excluding hydrogens is 452 g/mol. The third-order valence-corrected chi connectivity index (χ3v) is 8.66. The molecule has 184 valence electrons. The third kappa shape index (κ3) is 4.34. The van der Waals surface area contributed by atoms with Crippen molar-refractivity contribution in [1.29, 1.82) is 0 Å². The van der Waals surface area contributed by atoms with Crippen molar-refractivity contribution >= 4 is 21.6 Å². The summed E-state index contributed by atoms with van der Waals surface area (Å²) in [7, 11) is 0.557. The number of rotatable bonds is 5. The molecule has 3 atom stereocenters. The average molecular weight is 487 g/mol. The number of ether oxygens (including phenoxy) is 1. The van der Waals surface area contributed by atoms with Crippen LogP contribution in [0.4, 0.5) is 10.5 Å². The molecule has 0 saturated heterocycles. The molecule has 0 spiro atoms. The van der Waals surface area contributed by atoms with Gasteiger partial charge in [0.15, 0.2) is 9.92 Å². The van der Waals surface area contributed by atoms with E-state index in [0.717, 1.165) is 57.2 Å². The molecule has 3 unspecified atom stereocenters. The number of carbonyl (C=O) groups is 1. The first-order valence-corrected chi connectivity index (χ1v) is 13.7. The molecule has 1 aromatic carbocycles. The fourth-order valence-electron chi connectivity index (χ4n) is 5.47. The highest BCUT2D eigenvalue weighted by Crippen LogP contribution is 2.39. The van der Waals surface area contributed by atoms with Crippen molar-refractivity contribution < 1.29 is 13.7 Å². The zero-order valence-electron chi connectivity index (χ0n) is 20.2. The van der Waals surface area contributed by atoms with Crippen LogP contribution in [0.2, 0.25) is 0 Å². The smallest absolute Gasteiger partial charge is 0.354 e. The molecule has 10 heteroatoms. The summed E-state index contributed by atoms with van der Waals surface area (Å²) in [5.74, 6) is 0.623. The zero-order chi connectivity index (χ0) is 24.0. The van der Waals surface area contributed by atoms with E-state index < -0.39 is 15.9 Å². The van der Waals surface area contributed by atoms with Gasteiger partial charge in [-0.2, -0.15) is 5.10 Å². The SMILES string of the molecule is CC1Oc2c(S(N)(=O)=NC(=O)Nc3c4c(cc5c3CCC5)CCC4)cnn2CC1CCN(C)C. The standard InChI is InChI=1S/C24H34N6O3S/c1-15-18(10-11-29(2)3)14-30-23(33-15)21(13-26-30)34(25,32)28-24(31)27-22-19-8-4-6-16(19)12-17-7-5-9-20(17)22/h12-13,15,18H,4-11,14H2,1-3H3,(H3,25,27,28,31,32). The van der Waals surface area contributed by atoms with Crippen molar-refractivity contribution in [2.24, 2.45) is 15.4 Å². The minimum Gasteiger partial charge on any atom is -0.474 e. The average Bonchev–Trinajstić information content (AvgIpc) is 3.50. The summed E-state index contributed by atoms with van der Waals surface area (Å²) in [6.07, 6.45) is 8.41. The van der Waals surface area contributed by atoms with Gasteiger partial charge in [0.1, 0.15) is 11.0 Å². The maximum Gasteiger partial charge on any atom is 0.354 e. The van der Waals surface area contributed by atoms with Crippen molar-refractivity contribution in [1.82, 2.24) is 14.7 Å². The fraction of sp³-hybridized carbons (Fsp3) is 0.583. The predicted octanol–water partition coefficient (Wildman–Crippen LogP) is 3.14. The lowest BCUT2D eigenvalue weighted by atomic mass is 9.98. The highest BCUT2D eigenvalue weighted by atomic mass is 32.2. The highest BCUT2D eigenvalue weighted by Gasteiger charge is 2.32. The molecule has 34 heavy (non-hydrogen) atoms. The fourth-order valence-corrected chi connectivity index (χ4v) is 6.46. The second kappa shape index (κ2) is 8.98. The molecule has 2 amide bonds. The molecule has 1 aliphatic heterocycles. The molecule has 5 rings (SSSR count). The molecule has 3 aliphatic rings. The van der Waals surface area contributed by atoms with Crippen LogP contribution in [-0.4, -0.2) is 51.7 Å². The predicted molar refractivity (Wildman–Crippen MR) is 132 cm³/mol. The summed E-state index contributed by atoms with van der Waals surface area (Å²) in [5, 5.41) is 13.4. The number of fused-ring (bicyclic) bond motifs is 3. The number of hydrogen-bond donors (Lipinski definition) is 2. The van der Waals surface area contributed by atoms with Gasteiger partial charge < -0.3 is 15.0 Å². The van der Waals surface area contributed by atoms with E-state index in [-0.39, 0.29) is 16.9 Å². The number of hydrogen-bond acceptors (Lipinski definition) is 5. The van der Waals surface area contributed by atoms with E-state index in [1.807, 2.05) is 21.0 Å². The Morgan fingerprint density at radius 3 is 2.59 bits per heavy atom. The van der Waals surface area contributed by atoms with Gasteiger partial charge in [-0.05, 0) is 94.8 Å². The number of nitrogens with two attached hydrogens (primary N) is 1. The van der Waals surface area contributed by atoms with Crippen LogP contribution in [-0.2, 0) is 42.1 Å². The number of amides is 2. The van der Waals surface area contributed by atoms with Crippen molar-refractivity contribution in [3.05, 3.63) is 34.5 Å². The first-order valence-electron chi connectivity index (χ1n) is 12.1. The lowest BCUT2D eigenvalue weighted by molar-refractivity contribution is 0.0729. The van der Waals surface area contributed by atoms with E-state index in [4.69, 9.17) is 9.88 Å². The van der Waals surface area contributed by atoms with Gasteiger partial charge >= 0.3 is 6.03 Å². The van der Waals surface area contributed by atoms with Crippen LogP contribution in [0.25, 0.3) is 0 Å². The second-order valence-electron chi connectivity index (χ2n) is 10.00. The van der Waals surface area contributed by atoms with Gasteiger partial charge in [0.25, 0.3) is 0 Å². The summed E-state index contributed by atoms with van der Waals surface area (Å²) < 4.78 is 25.1. The second-order valence-corrected chi connectivity index (χ2v) is 11.8. The number of anilines is 1. The first kappa shape index (κ1) is 23.3. The van der Waals surface area contributed by atoms with E-state index in [2.05, 4.69) is 25.7 Å². The van der Waals surface area contributed by atoms with Crippen LogP contribution in [0.5, 0.6) is 5.88 Å². The van der Waals surface area contributed by atoms with Crippen molar-refractivity contribution in [2.45, 2.75) is 69.4 Å². The Morgan fingerprint density at radius 2 is 1.94 bits per heavy atom. The van der Waals surface area contributed by atoms with Crippen molar-refractivity contribution in [3.63, 3.8) is 0 Å². The number of aryl methyl sites for hydroxylation is 2. The topological polar surface area (TPSA) is 115 Å². The highest BCUT2D eigenvalue weighted by molar-refractivity contribution is 7.91. The Morgan fingerprint density at radius 1 is 1.26 bits per heavy atom. The van der Waals surface area contributed by atoms with E-state index in [1.165, 1.54) is 28.5 Å². The summed E-state index contributed by atoms with van der Waals surface area (Å²) >= 11 is 0. The van der Waals surface area contributed by atoms with Crippen molar-refractivity contribution in [3.8, 4) is 5.88 Å². The van der Waals surface area contributed by atoms with Gasteiger partial charge in [-0.1, -0.05) is 6.07 Å². The number of aromatic nitrogens is 2. The number of nitrogens with zero attached hydrogens (tertiary/aromatic N) is 4. The number of urea groups is 1. The van der Waals surface area contributed by atoms with Crippen LogP contribution in [0.15, 0.2) is 21.5 Å². The molecule has 0 fully saturated rings. The molecular formula is C24H34N6O3S. The Labute approximate surface area is 201 Å². The van der Waals surface area contributed by atoms with Gasteiger partial charge in [0.05, 0.1) is 12.7 Å². The van der Waals surface area contributed by atoms with Crippen LogP contribution in [0.1, 0.15) is 48.4 Å². The molecule has 0 radical (unpaired) electrons. The number of benzene rings is 1. The quantitative estimate of drug-likeness (QED) is 0.674. The van der Waals surface area contributed by atoms with E-state index >= 15 is 0 Å². The Balaban J connectivity index is 1.39.